The van der Waals surface area contributed by atoms with E-state index in [0.717, 1.165) is 11.1 Å². The first kappa shape index (κ1) is 22.2. The Labute approximate surface area is 175 Å². The van der Waals surface area contributed by atoms with Gasteiger partial charge in [-0.25, -0.2) is 0 Å². The zero-order valence-electron chi connectivity index (χ0n) is 14.9. The van der Waals surface area contributed by atoms with Crippen molar-refractivity contribution < 1.29 is 14.6 Å². The Kier molecular flexibility index (Phi) is 9.36. The van der Waals surface area contributed by atoms with E-state index in [1.807, 2.05) is 24.3 Å². The van der Waals surface area contributed by atoms with Crippen molar-refractivity contribution >= 4 is 41.5 Å². The number of rotatable bonds is 6. The Morgan fingerprint density at radius 3 is 2.19 bits per heavy atom. The third-order valence-electron chi connectivity index (χ3n) is 3.63. The number of benzene rings is 2. The van der Waals surface area contributed by atoms with Gasteiger partial charge in [0, 0.05) is 25.2 Å². The van der Waals surface area contributed by atoms with Crippen LogP contribution in [0, 0.1) is 0 Å². The Balaban J connectivity index is 0.00000338. The fourth-order valence-electron chi connectivity index (χ4n) is 2.28. The number of ether oxygens (including phenoxy) is 2. The molecule has 0 radical (unpaired) electrons. The largest absolute Gasteiger partial charge is 0.502 e. The molecule has 0 atom stereocenters. The second-order valence-electron chi connectivity index (χ2n) is 5.22. The highest BCUT2D eigenvalue weighted by molar-refractivity contribution is 14.0. The summed E-state index contributed by atoms with van der Waals surface area (Å²) in [5.41, 5.74) is 1.87. The van der Waals surface area contributed by atoms with Gasteiger partial charge in [-0.15, -0.1) is 24.0 Å². The van der Waals surface area contributed by atoms with Crippen LogP contribution >= 0.6 is 35.6 Å². The minimum atomic E-state index is -0.0185. The van der Waals surface area contributed by atoms with Gasteiger partial charge in [-0.05, 0) is 29.3 Å². The molecule has 26 heavy (non-hydrogen) atoms. The molecule has 6 nitrogen and oxygen atoms in total. The Morgan fingerprint density at radius 2 is 1.65 bits per heavy atom. The first-order chi connectivity index (χ1) is 12.1. The summed E-state index contributed by atoms with van der Waals surface area (Å²) in [4.78, 5) is 4.19. The first-order valence-corrected chi connectivity index (χ1v) is 8.08. The molecule has 142 valence electrons. The molecule has 0 aliphatic carbocycles. The summed E-state index contributed by atoms with van der Waals surface area (Å²) in [7, 11) is 4.69. The summed E-state index contributed by atoms with van der Waals surface area (Å²) in [6, 6.07) is 11.1. The van der Waals surface area contributed by atoms with E-state index in [0.29, 0.717) is 35.6 Å². The molecule has 0 unspecified atom stereocenters. The van der Waals surface area contributed by atoms with Gasteiger partial charge in [0.2, 0.25) is 5.75 Å². The summed E-state index contributed by atoms with van der Waals surface area (Å²) in [5.74, 6) is 1.33. The lowest BCUT2D eigenvalue weighted by atomic mass is 10.2. The molecule has 0 saturated carbocycles. The lowest BCUT2D eigenvalue weighted by molar-refractivity contribution is 0.339. The van der Waals surface area contributed by atoms with Gasteiger partial charge >= 0.3 is 0 Å². The van der Waals surface area contributed by atoms with Gasteiger partial charge in [-0.2, -0.15) is 0 Å². The maximum Gasteiger partial charge on any atom is 0.200 e. The summed E-state index contributed by atoms with van der Waals surface area (Å²) in [5, 5.41) is 17.1. The number of guanidine groups is 1. The molecule has 0 amide bonds. The van der Waals surface area contributed by atoms with Crippen LogP contribution in [0.5, 0.6) is 17.2 Å². The number of nitrogens with one attached hydrogen (secondary N) is 2. The van der Waals surface area contributed by atoms with Crippen molar-refractivity contribution in [2.45, 2.75) is 13.1 Å². The van der Waals surface area contributed by atoms with Gasteiger partial charge in [-0.1, -0.05) is 29.8 Å². The van der Waals surface area contributed by atoms with Crippen LogP contribution in [0.15, 0.2) is 41.4 Å². The fraction of sp³-hybridized carbons (Fsp3) is 0.278. The Hall–Kier alpha value is -1.87. The minimum Gasteiger partial charge on any atom is -0.502 e. The van der Waals surface area contributed by atoms with E-state index >= 15 is 0 Å². The van der Waals surface area contributed by atoms with Crippen molar-refractivity contribution in [1.29, 1.82) is 0 Å². The minimum absolute atomic E-state index is 0. The summed E-state index contributed by atoms with van der Waals surface area (Å²) in [6.45, 7) is 1.04. The molecule has 0 aliphatic heterocycles. The Bertz CT molecular complexity index is 731. The molecule has 0 heterocycles. The summed E-state index contributed by atoms with van der Waals surface area (Å²) in [6.07, 6.45) is 0. The average molecular weight is 492 g/mol. The number of hydrogen-bond acceptors (Lipinski definition) is 4. The summed E-state index contributed by atoms with van der Waals surface area (Å²) < 4.78 is 10.3. The third-order valence-corrected chi connectivity index (χ3v) is 4.00. The van der Waals surface area contributed by atoms with Gasteiger partial charge < -0.3 is 25.2 Å². The quantitative estimate of drug-likeness (QED) is 0.327. The van der Waals surface area contributed by atoms with Gasteiger partial charge in [-0.3, -0.25) is 4.99 Å². The molecule has 2 aromatic rings. The molecule has 0 saturated heterocycles. The van der Waals surface area contributed by atoms with E-state index in [1.54, 1.807) is 19.2 Å². The molecule has 0 fully saturated rings. The molecular formula is C18H23ClIN3O3. The van der Waals surface area contributed by atoms with Crippen molar-refractivity contribution in [2.24, 2.45) is 4.99 Å². The fourth-order valence-corrected chi connectivity index (χ4v) is 2.48. The second kappa shape index (κ2) is 11.0. The highest BCUT2D eigenvalue weighted by Crippen LogP contribution is 2.36. The number of halogens is 2. The predicted molar refractivity (Wildman–Crippen MR) is 115 cm³/mol. The van der Waals surface area contributed by atoms with Crippen LogP contribution in [-0.4, -0.2) is 32.3 Å². The zero-order valence-corrected chi connectivity index (χ0v) is 18.0. The molecule has 0 aromatic heterocycles. The maximum absolute atomic E-state index is 9.95. The molecule has 0 bridgehead atoms. The number of phenolic OH excluding ortho intramolecular Hbond substituents is 1. The van der Waals surface area contributed by atoms with E-state index in [2.05, 4.69) is 15.6 Å². The average Bonchev–Trinajstić information content (AvgIpc) is 2.64. The van der Waals surface area contributed by atoms with E-state index < -0.39 is 0 Å². The smallest absolute Gasteiger partial charge is 0.200 e. The van der Waals surface area contributed by atoms with Crippen LogP contribution in [-0.2, 0) is 13.1 Å². The molecule has 2 aromatic carbocycles. The Morgan fingerprint density at radius 1 is 1.08 bits per heavy atom. The van der Waals surface area contributed by atoms with Crippen LogP contribution < -0.4 is 20.1 Å². The lowest BCUT2D eigenvalue weighted by Crippen LogP contribution is -2.36. The normalized spacial score (nSPS) is 10.7. The van der Waals surface area contributed by atoms with Crippen LogP contribution in [0.3, 0.4) is 0 Å². The second-order valence-corrected chi connectivity index (χ2v) is 5.63. The lowest BCUT2D eigenvalue weighted by Gasteiger charge is -2.14. The summed E-state index contributed by atoms with van der Waals surface area (Å²) >= 11 is 6.15. The zero-order chi connectivity index (χ0) is 18.2. The van der Waals surface area contributed by atoms with Crippen molar-refractivity contribution in [3.8, 4) is 17.2 Å². The molecule has 0 spiro atoms. The molecule has 3 N–H and O–H groups in total. The predicted octanol–water partition coefficient (Wildman–Crippen LogP) is 3.55. The number of phenols is 1. The molecule has 8 heteroatoms. The highest BCUT2D eigenvalue weighted by atomic mass is 127. The monoisotopic (exact) mass is 491 g/mol. The van der Waals surface area contributed by atoms with Crippen molar-refractivity contribution in [1.82, 2.24) is 10.6 Å². The number of hydrogen-bond donors (Lipinski definition) is 3. The van der Waals surface area contributed by atoms with E-state index in [1.165, 1.54) is 14.2 Å². The molecule has 0 aliphatic rings. The SMILES string of the molecule is CN=C(NCc1cc(OC)c(O)c(OC)c1)NCc1ccccc1Cl.I. The van der Waals surface area contributed by atoms with Crippen LogP contribution in [0.4, 0.5) is 0 Å². The van der Waals surface area contributed by atoms with E-state index in [-0.39, 0.29) is 29.7 Å². The maximum atomic E-state index is 9.95. The topological polar surface area (TPSA) is 75.1 Å². The van der Waals surface area contributed by atoms with Crippen molar-refractivity contribution in [3.05, 3.63) is 52.5 Å². The molecule has 2 rings (SSSR count). The van der Waals surface area contributed by atoms with Gasteiger partial charge in [0.05, 0.1) is 14.2 Å². The van der Waals surface area contributed by atoms with Crippen LogP contribution in [0.2, 0.25) is 5.02 Å². The number of aliphatic imine (C=N–C) groups is 1. The number of methoxy groups -OCH3 is 2. The number of aromatic hydroxyl groups is 1. The van der Waals surface area contributed by atoms with Crippen LogP contribution in [0.1, 0.15) is 11.1 Å². The standard InChI is InChI=1S/C18H22ClN3O3.HI/c1-20-18(22-11-13-6-4-5-7-14(13)19)21-10-12-8-15(24-2)17(23)16(9-12)25-3;/h4-9,23H,10-11H2,1-3H3,(H2,20,21,22);1H. The number of nitrogens with zero attached hydrogens (tertiary/aromatic N) is 1. The van der Waals surface area contributed by atoms with E-state index in [9.17, 15) is 5.11 Å². The first-order valence-electron chi connectivity index (χ1n) is 7.70. The van der Waals surface area contributed by atoms with E-state index in [4.69, 9.17) is 21.1 Å². The molecular weight excluding hydrogens is 469 g/mol. The third kappa shape index (κ3) is 5.84. The van der Waals surface area contributed by atoms with Gasteiger partial charge in [0.25, 0.3) is 0 Å². The highest BCUT2D eigenvalue weighted by Gasteiger charge is 2.11. The van der Waals surface area contributed by atoms with Gasteiger partial charge in [0.1, 0.15) is 0 Å². The van der Waals surface area contributed by atoms with Crippen molar-refractivity contribution in [2.75, 3.05) is 21.3 Å². The van der Waals surface area contributed by atoms with Crippen LogP contribution in [0.25, 0.3) is 0 Å². The van der Waals surface area contributed by atoms with Crippen molar-refractivity contribution in [3.63, 3.8) is 0 Å². The van der Waals surface area contributed by atoms with Gasteiger partial charge in [0.15, 0.2) is 17.5 Å².